The normalized spacial score (nSPS) is 16.3. The van der Waals surface area contributed by atoms with E-state index >= 15 is 0 Å². The van der Waals surface area contributed by atoms with Crippen molar-refractivity contribution >= 4 is 55.7 Å². The predicted octanol–water partition coefficient (Wildman–Crippen LogP) is 3.48. The molecular weight excluding hydrogens is 605 g/mol. The van der Waals surface area contributed by atoms with Crippen LogP contribution in [0.5, 0.6) is 0 Å². The van der Waals surface area contributed by atoms with Gasteiger partial charge in [-0.15, -0.1) is 0 Å². The average Bonchev–Trinajstić information content (AvgIpc) is 2.29. The molecule has 0 aromatic heterocycles. The van der Waals surface area contributed by atoms with E-state index in [2.05, 4.69) is 4.74 Å². The maximum absolute atomic E-state index is 13.5. The SMILES string of the molecule is CI(C)CC(C)(CI(C)C)C(=O)OC(C(F)(F)F)C(F)(F)S(=O)(=O)O. The summed E-state index contributed by atoms with van der Waals surface area (Å²) in [7, 11) is -6.43. The molecule has 0 aliphatic rings. The first-order valence-electron chi connectivity index (χ1n) is 6.39. The monoisotopic (exact) mass is 626 g/mol. The predicted molar refractivity (Wildman–Crippen MR) is 102 cm³/mol. The van der Waals surface area contributed by atoms with Crippen LogP contribution in [0.4, 0.5) is 22.0 Å². The standard InChI is InChI=1S/C12H21F5I2O5S/c1-10(6-18(2)3,7-19(4)5)9(20)24-8(11(13,14)15)12(16,17)25(21,22)23/h8H,6-7H2,1-5H3,(H,21,22,23). The number of hydrogen-bond acceptors (Lipinski definition) is 4. The van der Waals surface area contributed by atoms with Crippen LogP contribution in [-0.2, 0) is 19.6 Å². The van der Waals surface area contributed by atoms with E-state index < -0.39 is 78.7 Å². The van der Waals surface area contributed by atoms with Gasteiger partial charge in [0.25, 0.3) is 0 Å². The van der Waals surface area contributed by atoms with Crippen molar-refractivity contribution in [2.75, 3.05) is 28.6 Å². The van der Waals surface area contributed by atoms with Gasteiger partial charge in [-0.05, 0) is 0 Å². The molecule has 0 aromatic carbocycles. The Morgan fingerprint density at radius 2 is 1.40 bits per heavy atom. The summed E-state index contributed by atoms with van der Waals surface area (Å²) in [6.45, 7) is 1.35. The van der Waals surface area contributed by atoms with Crippen molar-refractivity contribution in [2.24, 2.45) is 5.41 Å². The molecule has 0 rings (SSSR count). The number of rotatable bonds is 8. The summed E-state index contributed by atoms with van der Waals surface area (Å²) in [5.41, 5.74) is -1.39. The van der Waals surface area contributed by atoms with Gasteiger partial charge in [0.05, 0.1) is 0 Å². The van der Waals surface area contributed by atoms with Crippen molar-refractivity contribution in [3.8, 4) is 0 Å². The molecule has 0 aliphatic heterocycles. The first kappa shape index (κ1) is 25.5. The number of alkyl halides is 11. The second-order valence-corrected chi connectivity index (χ2v) is 19.5. The van der Waals surface area contributed by atoms with Crippen molar-refractivity contribution in [1.29, 1.82) is 0 Å². The number of carbonyl (C=O) groups excluding carboxylic acids is 1. The first-order chi connectivity index (χ1) is 10.8. The minimum atomic E-state index is -6.43. The third-order valence-corrected chi connectivity index (χ3v) is 10.1. The van der Waals surface area contributed by atoms with Crippen LogP contribution < -0.4 is 0 Å². The van der Waals surface area contributed by atoms with Crippen LogP contribution in [0.1, 0.15) is 6.92 Å². The summed E-state index contributed by atoms with van der Waals surface area (Å²) in [5, 5.41) is -5.70. The van der Waals surface area contributed by atoms with E-state index in [1.54, 1.807) is 0 Å². The number of hydrogen-bond donors (Lipinski definition) is 1. The Kier molecular flexibility index (Phi) is 8.84. The molecule has 1 atom stereocenters. The van der Waals surface area contributed by atoms with Crippen molar-refractivity contribution in [1.82, 2.24) is 0 Å². The van der Waals surface area contributed by atoms with Gasteiger partial charge in [0, 0.05) is 0 Å². The van der Waals surface area contributed by atoms with Crippen LogP contribution in [0.25, 0.3) is 0 Å². The number of halogens is 7. The van der Waals surface area contributed by atoms with Gasteiger partial charge in [-0.3, -0.25) is 0 Å². The van der Waals surface area contributed by atoms with E-state index in [0.29, 0.717) is 0 Å². The zero-order valence-electron chi connectivity index (χ0n) is 14.1. The molecule has 0 saturated heterocycles. The summed E-state index contributed by atoms with van der Waals surface area (Å²) < 4.78 is 100. The number of esters is 1. The van der Waals surface area contributed by atoms with Gasteiger partial charge in [-0.1, -0.05) is 0 Å². The molecule has 0 radical (unpaired) electrons. The number of ether oxygens (including phenoxy) is 1. The molecule has 0 fully saturated rings. The van der Waals surface area contributed by atoms with E-state index in [1.807, 2.05) is 19.7 Å². The molecule has 0 aliphatic carbocycles. The first-order valence-corrected chi connectivity index (χ1v) is 19.5. The summed E-state index contributed by atoms with van der Waals surface area (Å²) in [6.07, 6.45) is -10.1. The summed E-state index contributed by atoms with van der Waals surface area (Å²) >= 11 is -3.32. The summed E-state index contributed by atoms with van der Waals surface area (Å²) in [4.78, 5) is 19.7. The summed E-state index contributed by atoms with van der Waals surface area (Å²) in [6, 6.07) is 0. The fourth-order valence-corrected chi connectivity index (χ4v) is 11.4. The molecule has 0 heterocycles. The minimum absolute atomic E-state index is 0.243. The Labute approximate surface area is 158 Å². The Bertz CT molecular complexity index is 567. The summed E-state index contributed by atoms with van der Waals surface area (Å²) in [5.74, 6) is -1.52. The van der Waals surface area contributed by atoms with Gasteiger partial charge in [0.15, 0.2) is 0 Å². The molecule has 13 heteroatoms. The zero-order chi connectivity index (χ0) is 20.4. The zero-order valence-corrected chi connectivity index (χ0v) is 19.3. The van der Waals surface area contributed by atoms with Gasteiger partial charge in [0.2, 0.25) is 0 Å². The van der Waals surface area contributed by atoms with Gasteiger partial charge < -0.3 is 0 Å². The van der Waals surface area contributed by atoms with E-state index in [0.717, 1.165) is 0 Å². The second kappa shape index (κ2) is 8.67. The Morgan fingerprint density at radius 3 is 1.64 bits per heavy atom. The Balaban J connectivity index is 5.87. The molecule has 0 amide bonds. The topological polar surface area (TPSA) is 80.7 Å². The van der Waals surface area contributed by atoms with Crippen LogP contribution in [-0.4, -0.2) is 65.1 Å². The molecule has 1 N–H and O–H groups in total. The van der Waals surface area contributed by atoms with Crippen molar-refractivity contribution in [3.63, 3.8) is 0 Å². The third-order valence-electron chi connectivity index (χ3n) is 2.79. The fraction of sp³-hybridized carbons (Fsp3) is 0.917. The molecule has 0 saturated carbocycles. The van der Waals surface area contributed by atoms with E-state index in [-0.39, 0.29) is 8.86 Å². The van der Waals surface area contributed by atoms with Crippen LogP contribution in [0.15, 0.2) is 0 Å². The van der Waals surface area contributed by atoms with Crippen molar-refractivity contribution in [2.45, 2.75) is 24.5 Å². The van der Waals surface area contributed by atoms with Crippen molar-refractivity contribution in [3.05, 3.63) is 0 Å². The molecule has 25 heavy (non-hydrogen) atoms. The van der Waals surface area contributed by atoms with Gasteiger partial charge in [0.1, 0.15) is 0 Å². The third kappa shape index (κ3) is 7.20. The quantitative estimate of drug-likeness (QED) is 0.147. The average molecular weight is 626 g/mol. The second-order valence-electron chi connectivity index (χ2n) is 6.02. The molecule has 154 valence electrons. The van der Waals surface area contributed by atoms with E-state index in [4.69, 9.17) is 4.55 Å². The maximum atomic E-state index is 13.5. The van der Waals surface area contributed by atoms with Crippen LogP contribution in [0, 0.1) is 5.41 Å². The van der Waals surface area contributed by atoms with Crippen LogP contribution in [0.2, 0.25) is 0 Å². The van der Waals surface area contributed by atoms with Gasteiger partial charge in [-0.2, -0.15) is 0 Å². The molecule has 0 spiro atoms. The molecule has 5 nitrogen and oxygen atoms in total. The van der Waals surface area contributed by atoms with Crippen LogP contribution in [0.3, 0.4) is 0 Å². The Hall–Kier alpha value is 0.490. The fourth-order valence-electron chi connectivity index (χ4n) is 2.04. The van der Waals surface area contributed by atoms with Crippen molar-refractivity contribution < 1.29 is 44.5 Å². The van der Waals surface area contributed by atoms with E-state index in [1.165, 1.54) is 6.92 Å². The Morgan fingerprint density at radius 1 is 1.04 bits per heavy atom. The molecular formula is C12H21F5I2O5S. The van der Waals surface area contributed by atoms with E-state index in [9.17, 15) is 35.2 Å². The van der Waals surface area contributed by atoms with Crippen LogP contribution >= 0.6 is 39.6 Å². The molecule has 1 unspecified atom stereocenters. The number of carbonyl (C=O) groups is 1. The van der Waals surface area contributed by atoms with Gasteiger partial charge in [-0.25, -0.2) is 0 Å². The molecule has 0 bridgehead atoms. The molecule has 0 aromatic rings. The van der Waals surface area contributed by atoms with Gasteiger partial charge >= 0.3 is 159 Å².